The standard InChI is InChI=1S/C13H9BrF2/c14-12-6-4-9(5-7-12)10-2-1-3-11(8-10)13(15)16/h1-8,13H. The molecule has 16 heavy (non-hydrogen) atoms. The highest BCUT2D eigenvalue weighted by Gasteiger charge is 2.07. The van der Waals surface area contributed by atoms with Gasteiger partial charge >= 0.3 is 0 Å². The lowest BCUT2D eigenvalue weighted by atomic mass is 10.0. The van der Waals surface area contributed by atoms with Crippen molar-refractivity contribution in [2.24, 2.45) is 0 Å². The van der Waals surface area contributed by atoms with Crippen molar-refractivity contribution in [3.05, 3.63) is 58.6 Å². The summed E-state index contributed by atoms with van der Waals surface area (Å²) >= 11 is 3.34. The van der Waals surface area contributed by atoms with Crippen LogP contribution in [0.25, 0.3) is 11.1 Å². The van der Waals surface area contributed by atoms with Crippen LogP contribution in [0, 0.1) is 0 Å². The van der Waals surface area contributed by atoms with Crippen LogP contribution < -0.4 is 0 Å². The molecule has 0 radical (unpaired) electrons. The van der Waals surface area contributed by atoms with Crippen LogP contribution in [0.1, 0.15) is 12.0 Å². The van der Waals surface area contributed by atoms with Gasteiger partial charge in [0, 0.05) is 10.0 Å². The molecule has 0 aliphatic rings. The number of alkyl halides is 2. The van der Waals surface area contributed by atoms with Crippen LogP contribution in [0.3, 0.4) is 0 Å². The number of hydrogen-bond donors (Lipinski definition) is 0. The maximum absolute atomic E-state index is 12.5. The van der Waals surface area contributed by atoms with E-state index in [9.17, 15) is 8.78 Å². The van der Waals surface area contributed by atoms with E-state index in [1.54, 1.807) is 6.07 Å². The van der Waals surface area contributed by atoms with Gasteiger partial charge in [0.05, 0.1) is 0 Å². The second-order valence-electron chi connectivity index (χ2n) is 3.43. The maximum atomic E-state index is 12.5. The van der Waals surface area contributed by atoms with E-state index >= 15 is 0 Å². The van der Waals surface area contributed by atoms with Gasteiger partial charge in [-0.25, -0.2) is 8.78 Å². The largest absolute Gasteiger partial charge is 0.263 e. The van der Waals surface area contributed by atoms with E-state index in [2.05, 4.69) is 15.9 Å². The normalized spacial score (nSPS) is 10.8. The lowest BCUT2D eigenvalue weighted by molar-refractivity contribution is 0.151. The van der Waals surface area contributed by atoms with Crippen molar-refractivity contribution in [1.29, 1.82) is 0 Å². The zero-order valence-corrected chi connectivity index (χ0v) is 9.92. The number of hydrogen-bond acceptors (Lipinski definition) is 0. The first kappa shape index (κ1) is 11.3. The van der Waals surface area contributed by atoms with E-state index in [-0.39, 0.29) is 5.56 Å². The van der Waals surface area contributed by atoms with E-state index in [1.807, 2.05) is 30.3 Å². The van der Waals surface area contributed by atoms with E-state index in [0.29, 0.717) is 0 Å². The summed E-state index contributed by atoms with van der Waals surface area (Å²) in [6.07, 6.45) is -2.42. The van der Waals surface area contributed by atoms with Crippen LogP contribution in [0.5, 0.6) is 0 Å². The van der Waals surface area contributed by atoms with Crippen LogP contribution in [-0.2, 0) is 0 Å². The Morgan fingerprint density at radius 2 is 1.56 bits per heavy atom. The van der Waals surface area contributed by atoms with E-state index in [4.69, 9.17) is 0 Å². The molecule has 0 bridgehead atoms. The van der Waals surface area contributed by atoms with Crippen molar-refractivity contribution in [3.63, 3.8) is 0 Å². The Bertz CT molecular complexity index is 478. The Balaban J connectivity index is 2.40. The molecule has 82 valence electrons. The van der Waals surface area contributed by atoms with Crippen molar-refractivity contribution in [1.82, 2.24) is 0 Å². The van der Waals surface area contributed by atoms with Gasteiger partial charge in [0.1, 0.15) is 0 Å². The molecule has 0 aliphatic heterocycles. The quantitative estimate of drug-likeness (QED) is 0.723. The first-order valence-corrected chi connectivity index (χ1v) is 5.60. The predicted octanol–water partition coefficient (Wildman–Crippen LogP) is 5.05. The predicted molar refractivity (Wildman–Crippen MR) is 64.5 cm³/mol. The SMILES string of the molecule is FC(F)c1cccc(-c2ccc(Br)cc2)c1. The average molecular weight is 283 g/mol. The van der Waals surface area contributed by atoms with Gasteiger partial charge in [-0.3, -0.25) is 0 Å². The monoisotopic (exact) mass is 282 g/mol. The highest BCUT2D eigenvalue weighted by Crippen LogP contribution is 2.26. The van der Waals surface area contributed by atoms with Crippen molar-refractivity contribution in [3.8, 4) is 11.1 Å². The minimum atomic E-state index is -2.42. The molecule has 3 heteroatoms. The molecule has 0 spiro atoms. The van der Waals surface area contributed by atoms with Gasteiger partial charge in [-0.2, -0.15) is 0 Å². The number of halogens is 3. The highest BCUT2D eigenvalue weighted by molar-refractivity contribution is 9.10. The lowest BCUT2D eigenvalue weighted by Gasteiger charge is -2.05. The summed E-state index contributed by atoms with van der Waals surface area (Å²) in [5.41, 5.74) is 1.80. The molecule has 0 aliphatic carbocycles. The Labute approximate surface area is 101 Å². The summed E-state index contributed by atoms with van der Waals surface area (Å²) < 4.78 is 26.0. The third kappa shape index (κ3) is 2.47. The molecule has 0 fully saturated rings. The fourth-order valence-electron chi connectivity index (χ4n) is 1.50. The third-order valence-electron chi connectivity index (χ3n) is 2.32. The Morgan fingerprint density at radius 3 is 2.19 bits per heavy atom. The Morgan fingerprint density at radius 1 is 0.875 bits per heavy atom. The van der Waals surface area contributed by atoms with Gasteiger partial charge < -0.3 is 0 Å². The summed E-state index contributed by atoms with van der Waals surface area (Å²) in [7, 11) is 0. The fraction of sp³-hybridized carbons (Fsp3) is 0.0769. The zero-order valence-electron chi connectivity index (χ0n) is 8.33. The first-order chi connectivity index (χ1) is 7.66. The van der Waals surface area contributed by atoms with Crippen LogP contribution in [0.2, 0.25) is 0 Å². The van der Waals surface area contributed by atoms with Gasteiger partial charge in [0.15, 0.2) is 0 Å². The van der Waals surface area contributed by atoms with Crippen LogP contribution in [0.15, 0.2) is 53.0 Å². The molecule has 0 nitrogen and oxygen atoms in total. The smallest absolute Gasteiger partial charge is 0.205 e. The number of rotatable bonds is 2. The molecule has 0 heterocycles. The van der Waals surface area contributed by atoms with Gasteiger partial charge in [0.25, 0.3) is 6.43 Å². The second-order valence-corrected chi connectivity index (χ2v) is 4.35. The summed E-state index contributed by atoms with van der Waals surface area (Å²) in [5, 5.41) is 0. The fourth-order valence-corrected chi connectivity index (χ4v) is 1.76. The molecule has 0 N–H and O–H groups in total. The number of benzene rings is 2. The summed E-state index contributed by atoms with van der Waals surface area (Å²) in [5.74, 6) is 0. The summed E-state index contributed by atoms with van der Waals surface area (Å²) in [6.45, 7) is 0. The van der Waals surface area contributed by atoms with Gasteiger partial charge in [0.2, 0.25) is 0 Å². The third-order valence-corrected chi connectivity index (χ3v) is 2.84. The Kier molecular flexibility index (Phi) is 3.34. The Hall–Kier alpha value is -1.22. The van der Waals surface area contributed by atoms with Crippen molar-refractivity contribution >= 4 is 15.9 Å². The molecule has 0 saturated heterocycles. The van der Waals surface area contributed by atoms with Crippen molar-refractivity contribution in [2.75, 3.05) is 0 Å². The molecular formula is C13H9BrF2. The second kappa shape index (κ2) is 4.74. The average Bonchev–Trinajstić information content (AvgIpc) is 2.30. The van der Waals surface area contributed by atoms with Crippen LogP contribution in [-0.4, -0.2) is 0 Å². The molecule has 0 atom stereocenters. The van der Waals surface area contributed by atoms with E-state index in [1.165, 1.54) is 12.1 Å². The zero-order chi connectivity index (χ0) is 11.5. The van der Waals surface area contributed by atoms with Gasteiger partial charge in [-0.15, -0.1) is 0 Å². The molecule has 0 amide bonds. The molecule has 0 unspecified atom stereocenters. The van der Waals surface area contributed by atoms with Gasteiger partial charge in [-0.1, -0.05) is 46.3 Å². The van der Waals surface area contributed by atoms with Crippen LogP contribution in [0.4, 0.5) is 8.78 Å². The van der Waals surface area contributed by atoms with Crippen LogP contribution >= 0.6 is 15.9 Å². The summed E-state index contributed by atoms with van der Waals surface area (Å²) in [6, 6.07) is 14.0. The first-order valence-electron chi connectivity index (χ1n) is 4.81. The van der Waals surface area contributed by atoms with E-state index < -0.39 is 6.43 Å². The maximum Gasteiger partial charge on any atom is 0.263 e. The minimum absolute atomic E-state index is 0.0559. The molecular weight excluding hydrogens is 274 g/mol. The molecule has 0 aromatic heterocycles. The van der Waals surface area contributed by atoms with E-state index in [0.717, 1.165) is 15.6 Å². The topological polar surface area (TPSA) is 0 Å². The van der Waals surface area contributed by atoms with Crippen molar-refractivity contribution < 1.29 is 8.78 Å². The van der Waals surface area contributed by atoms with Crippen molar-refractivity contribution in [2.45, 2.75) is 6.43 Å². The lowest BCUT2D eigenvalue weighted by Crippen LogP contribution is -1.85. The summed E-state index contributed by atoms with van der Waals surface area (Å²) in [4.78, 5) is 0. The minimum Gasteiger partial charge on any atom is -0.205 e. The van der Waals surface area contributed by atoms with Gasteiger partial charge in [-0.05, 0) is 29.3 Å². The molecule has 0 saturated carbocycles. The molecule has 2 aromatic carbocycles. The molecule has 2 rings (SSSR count). The molecule has 2 aromatic rings. The highest BCUT2D eigenvalue weighted by atomic mass is 79.9.